The molecular weight excluding hydrogens is 413 g/mol. The van der Waals surface area contributed by atoms with Gasteiger partial charge in [-0.05, 0) is 24.5 Å². The van der Waals surface area contributed by atoms with E-state index in [1.54, 1.807) is 30.5 Å². The number of carbonyl (C=O) groups excluding carboxylic acids is 1. The number of carbonyl (C=O) groups is 1. The van der Waals surface area contributed by atoms with Crippen LogP contribution in [0.4, 0.5) is 18.9 Å². The summed E-state index contributed by atoms with van der Waals surface area (Å²) < 4.78 is 44.8. The number of Topliss-reactive ketones (excluding diaryl/α,β-unsaturated/α-hetero) is 1. The number of nitrogens with one attached hydrogen (secondary N) is 1. The van der Waals surface area contributed by atoms with E-state index < -0.39 is 28.7 Å². The Morgan fingerprint density at radius 2 is 1.93 bits per heavy atom. The van der Waals surface area contributed by atoms with Crippen molar-refractivity contribution in [1.82, 2.24) is 0 Å². The minimum absolute atomic E-state index is 0.105. The third-order valence-electron chi connectivity index (χ3n) is 3.66. The Hall–Kier alpha value is -2.63. The number of alkyl halides is 3. The van der Waals surface area contributed by atoms with Crippen LogP contribution in [0.2, 0.25) is 5.02 Å². The molecule has 28 heavy (non-hydrogen) atoms. The van der Waals surface area contributed by atoms with E-state index in [4.69, 9.17) is 16.3 Å². The second-order valence-electron chi connectivity index (χ2n) is 5.37. The number of methoxy groups -OCH3 is 1. The summed E-state index contributed by atoms with van der Waals surface area (Å²) in [5.41, 5.74) is -1.66. The Labute approximate surface area is 168 Å². The summed E-state index contributed by atoms with van der Waals surface area (Å²) >= 11 is 6.99. The lowest BCUT2D eigenvalue weighted by atomic mass is 9.99. The van der Waals surface area contributed by atoms with Crippen LogP contribution < -0.4 is 10.1 Å². The Kier molecular flexibility index (Phi) is 7.00. The van der Waals surface area contributed by atoms with Gasteiger partial charge in [0.05, 0.1) is 22.7 Å². The van der Waals surface area contributed by atoms with Crippen molar-refractivity contribution in [1.29, 1.82) is 5.26 Å². The molecule has 9 heteroatoms. The molecule has 1 N–H and O–H groups in total. The van der Waals surface area contributed by atoms with Crippen LogP contribution in [0.1, 0.15) is 15.9 Å². The van der Waals surface area contributed by atoms with Crippen LogP contribution in [0.5, 0.6) is 5.75 Å². The van der Waals surface area contributed by atoms with Gasteiger partial charge in [-0.3, -0.25) is 4.79 Å². The molecule has 146 valence electrons. The van der Waals surface area contributed by atoms with E-state index >= 15 is 0 Å². The Bertz CT molecular complexity index is 968. The highest BCUT2D eigenvalue weighted by Crippen LogP contribution is 2.34. The summed E-state index contributed by atoms with van der Waals surface area (Å²) in [6.07, 6.45) is -3.13. The summed E-state index contributed by atoms with van der Waals surface area (Å²) in [5.74, 6) is -0.660. The van der Waals surface area contributed by atoms with E-state index in [2.05, 4.69) is 5.32 Å². The van der Waals surface area contributed by atoms with Gasteiger partial charge in [-0.25, -0.2) is 0 Å². The largest absolute Gasteiger partial charge is 0.495 e. The fourth-order valence-electron chi connectivity index (χ4n) is 2.35. The normalized spacial score (nSPS) is 12.0. The topological polar surface area (TPSA) is 62.1 Å². The zero-order chi connectivity index (χ0) is 20.9. The predicted molar refractivity (Wildman–Crippen MR) is 104 cm³/mol. The van der Waals surface area contributed by atoms with Gasteiger partial charge in [-0.2, -0.15) is 18.4 Å². The Morgan fingerprint density at radius 3 is 2.50 bits per heavy atom. The Morgan fingerprint density at radius 1 is 1.25 bits per heavy atom. The molecule has 0 unspecified atom stereocenters. The van der Waals surface area contributed by atoms with Gasteiger partial charge in [0.25, 0.3) is 0 Å². The molecule has 2 aromatic rings. The molecule has 0 fully saturated rings. The van der Waals surface area contributed by atoms with Crippen molar-refractivity contribution in [2.45, 2.75) is 6.18 Å². The maximum Gasteiger partial charge on any atom is 0.417 e. The number of hydrogen-bond acceptors (Lipinski definition) is 5. The molecule has 0 saturated carbocycles. The second-order valence-corrected chi connectivity index (χ2v) is 6.59. The van der Waals surface area contributed by atoms with Crippen LogP contribution in [0.15, 0.2) is 53.1 Å². The molecule has 0 aliphatic rings. The maximum atomic E-state index is 13.2. The third kappa shape index (κ3) is 4.80. The summed E-state index contributed by atoms with van der Waals surface area (Å²) in [7, 11) is 1.43. The van der Waals surface area contributed by atoms with Crippen molar-refractivity contribution < 1.29 is 22.7 Å². The highest BCUT2D eigenvalue weighted by molar-refractivity contribution is 8.02. The number of hydrogen-bond donors (Lipinski definition) is 1. The lowest BCUT2D eigenvalue weighted by molar-refractivity contribution is -0.137. The average molecular weight is 427 g/mol. The van der Waals surface area contributed by atoms with Gasteiger partial charge in [0, 0.05) is 17.3 Å². The zero-order valence-electron chi connectivity index (χ0n) is 14.7. The van der Waals surface area contributed by atoms with Gasteiger partial charge in [-0.15, -0.1) is 11.8 Å². The van der Waals surface area contributed by atoms with E-state index in [9.17, 15) is 23.2 Å². The van der Waals surface area contributed by atoms with E-state index in [-0.39, 0.29) is 5.03 Å². The standard InChI is InChI=1S/C19H14ClF3N2O2S/c1-27-16-9-11(7-8-15(16)20)25-18(28-2)13(10-24)17(26)12-5-3-4-6-14(12)19(21,22)23/h3-9,25H,1-2H3. The molecular formula is C19H14ClF3N2O2S. The van der Waals surface area contributed by atoms with Gasteiger partial charge in [0.15, 0.2) is 0 Å². The first-order chi connectivity index (χ1) is 13.2. The number of anilines is 1. The molecule has 0 heterocycles. The average Bonchev–Trinajstić information content (AvgIpc) is 2.68. The SMILES string of the molecule is COc1cc(NC(SC)=C(C#N)C(=O)c2ccccc2C(F)(F)F)ccc1Cl. The van der Waals surface area contributed by atoms with Crippen LogP contribution in [0.25, 0.3) is 0 Å². The van der Waals surface area contributed by atoms with E-state index in [1.165, 1.54) is 19.2 Å². The van der Waals surface area contributed by atoms with E-state index in [0.717, 1.165) is 23.9 Å². The van der Waals surface area contributed by atoms with E-state index in [1.807, 2.05) is 0 Å². The molecule has 2 rings (SSSR count). The van der Waals surface area contributed by atoms with Crippen LogP contribution in [0, 0.1) is 11.3 Å². The van der Waals surface area contributed by atoms with Gasteiger partial charge in [0.1, 0.15) is 17.4 Å². The van der Waals surface area contributed by atoms with Gasteiger partial charge >= 0.3 is 6.18 Å². The Balaban J connectivity index is 2.50. The first-order valence-electron chi connectivity index (χ1n) is 7.72. The van der Waals surface area contributed by atoms with Crippen LogP contribution in [-0.2, 0) is 6.18 Å². The second kappa shape index (κ2) is 9.04. The van der Waals surface area contributed by atoms with Crippen molar-refractivity contribution in [2.75, 3.05) is 18.7 Å². The molecule has 0 radical (unpaired) electrons. The van der Waals surface area contributed by atoms with Crippen molar-refractivity contribution in [3.05, 3.63) is 69.2 Å². The van der Waals surface area contributed by atoms with Crippen molar-refractivity contribution in [3.8, 4) is 11.8 Å². The first kappa shape index (κ1) is 21.7. The number of benzene rings is 2. The fraction of sp³-hybridized carbons (Fsp3) is 0.158. The van der Waals surface area contributed by atoms with Crippen molar-refractivity contribution in [3.63, 3.8) is 0 Å². The van der Waals surface area contributed by atoms with Gasteiger partial charge in [-0.1, -0.05) is 29.8 Å². The molecule has 0 spiro atoms. The quantitative estimate of drug-likeness (QED) is 0.361. The third-order valence-corrected chi connectivity index (χ3v) is 4.68. The lowest BCUT2D eigenvalue weighted by Gasteiger charge is -2.14. The minimum Gasteiger partial charge on any atom is -0.495 e. The van der Waals surface area contributed by atoms with Crippen molar-refractivity contribution in [2.24, 2.45) is 0 Å². The molecule has 0 aliphatic carbocycles. The number of ether oxygens (including phenoxy) is 1. The summed E-state index contributed by atoms with van der Waals surface area (Å²) in [4.78, 5) is 12.7. The maximum absolute atomic E-state index is 13.2. The van der Waals surface area contributed by atoms with Gasteiger partial charge < -0.3 is 10.1 Å². The molecule has 0 aromatic heterocycles. The minimum atomic E-state index is -4.72. The lowest BCUT2D eigenvalue weighted by Crippen LogP contribution is -2.16. The zero-order valence-corrected chi connectivity index (χ0v) is 16.3. The smallest absolute Gasteiger partial charge is 0.417 e. The predicted octanol–water partition coefficient (Wildman–Crippen LogP) is 5.76. The highest BCUT2D eigenvalue weighted by Gasteiger charge is 2.35. The summed E-state index contributed by atoms with van der Waals surface area (Å²) in [5, 5.41) is 12.8. The number of halogens is 4. The first-order valence-corrected chi connectivity index (χ1v) is 9.33. The fourth-order valence-corrected chi connectivity index (χ4v) is 3.11. The highest BCUT2D eigenvalue weighted by atomic mass is 35.5. The molecule has 0 amide bonds. The summed E-state index contributed by atoms with van der Waals surface area (Å²) in [6, 6.07) is 10.7. The molecule has 0 atom stereocenters. The number of allylic oxidation sites excluding steroid dienone is 1. The van der Waals surface area contributed by atoms with E-state index in [0.29, 0.717) is 16.5 Å². The van der Waals surface area contributed by atoms with Crippen LogP contribution in [-0.4, -0.2) is 19.1 Å². The van der Waals surface area contributed by atoms with Crippen molar-refractivity contribution >= 4 is 34.8 Å². The number of thioether (sulfide) groups is 1. The molecule has 2 aromatic carbocycles. The van der Waals surface area contributed by atoms with Crippen LogP contribution in [0.3, 0.4) is 0 Å². The summed E-state index contributed by atoms with van der Waals surface area (Å²) in [6.45, 7) is 0. The number of nitrogens with zero attached hydrogens (tertiary/aromatic N) is 1. The molecule has 0 aliphatic heterocycles. The number of rotatable bonds is 6. The molecule has 0 bridgehead atoms. The van der Waals surface area contributed by atoms with Gasteiger partial charge in [0.2, 0.25) is 5.78 Å². The monoisotopic (exact) mass is 426 g/mol. The molecule has 0 saturated heterocycles. The van der Waals surface area contributed by atoms with Crippen LogP contribution >= 0.6 is 23.4 Å². The molecule has 4 nitrogen and oxygen atoms in total. The number of ketones is 1. The number of nitriles is 1.